The average molecular weight is 375 g/mol. The SMILES string of the molecule is CCNC(=O)[C@@H]1C[C@@H](O)CN1C1CCN(C(=O)c2cccc(OC)c2)CC1. The Hall–Kier alpha value is -2.12. The van der Waals surface area contributed by atoms with Crippen LogP contribution in [-0.2, 0) is 4.79 Å². The third-order valence-corrected chi connectivity index (χ3v) is 5.51. The normalized spacial score (nSPS) is 24.0. The van der Waals surface area contributed by atoms with Gasteiger partial charge in [-0.3, -0.25) is 14.5 Å². The van der Waals surface area contributed by atoms with Gasteiger partial charge in [0.05, 0.1) is 19.3 Å². The number of ether oxygens (including phenoxy) is 1. The lowest BCUT2D eigenvalue weighted by atomic mass is 10.0. The lowest BCUT2D eigenvalue weighted by Crippen LogP contribution is -2.52. The van der Waals surface area contributed by atoms with Gasteiger partial charge >= 0.3 is 0 Å². The van der Waals surface area contributed by atoms with Gasteiger partial charge in [-0.05, 0) is 44.4 Å². The fourth-order valence-electron chi connectivity index (χ4n) is 4.13. The number of methoxy groups -OCH3 is 1. The zero-order valence-corrected chi connectivity index (χ0v) is 16.1. The van der Waals surface area contributed by atoms with Crippen molar-refractivity contribution in [1.29, 1.82) is 0 Å². The molecule has 0 saturated carbocycles. The highest BCUT2D eigenvalue weighted by molar-refractivity contribution is 5.94. The van der Waals surface area contributed by atoms with Crippen LogP contribution in [0.3, 0.4) is 0 Å². The van der Waals surface area contributed by atoms with Gasteiger partial charge in [-0.2, -0.15) is 0 Å². The minimum absolute atomic E-state index is 0.00841. The van der Waals surface area contributed by atoms with E-state index in [4.69, 9.17) is 4.74 Å². The molecule has 2 atom stereocenters. The van der Waals surface area contributed by atoms with Crippen molar-refractivity contribution in [2.45, 2.75) is 44.4 Å². The van der Waals surface area contributed by atoms with Gasteiger partial charge < -0.3 is 20.1 Å². The van der Waals surface area contributed by atoms with E-state index < -0.39 is 6.10 Å². The Labute approximate surface area is 160 Å². The maximum Gasteiger partial charge on any atom is 0.253 e. The predicted octanol–water partition coefficient (Wildman–Crippen LogP) is 0.871. The van der Waals surface area contributed by atoms with Gasteiger partial charge in [-0.15, -0.1) is 0 Å². The lowest BCUT2D eigenvalue weighted by molar-refractivity contribution is -0.126. The number of aliphatic hydroxyl groups is 1. The van der Waals surface area contributed by atoms with Gasteiger partial charge in [0.15, 0.2) is 0 Å². The number of hydrogen-bond donors (Lipinski definition) is 2. The minimum Gasteiger partial charge on any atom is -0.497 e. The molecule has 2 N–H and O–H groups in total. The quantitative estimate of drug-likeness (QED) is 0.798. The second-order valence-electron chi connectivity index (χ2n) is 7.25. The van der Waals surface area contributed by atoms with Crippen LogP contribution in [0.25, 0.3) is 0 Å². The number of benzene rings is 1. The molecule has 3 rings (SSSR count). The average Bonchev–Trinajstić information content (AvgIpc) is 3.09. The fraction of sp³-hybridized carbons (Fsp3) is 0.600. The number of β-amino-alcohol motifs (C(OH)–C–C–N with tert-alkyl or cyclic N) is 1. The molecule has 1 aromatic carbocycles. The van der Waals surface area contributed by atoms with Gasteiger partial charge in [0, 0.05) is 37.8 Å². The van der Waals surface area contributed by atoms with E-state index in [9.17, 15) is 14.7 Å². The first-order valence-electron chi connectivity index (χ1n) is 9.68. The number of nitrogens with one attached hydrogen (secondary N) is 1. The van der Waals surface area contributed by atoms with Crippen molar-refractivity contribution in [1.82, 2.24) is 15.1 Å². The van der Waals surface area contributed by atoms with E-state index in [1.54, 1.807) is 19.2 Å². The summed E-state index contributed by atoms with van der Waals surface area (Å²) in [7, 11) is 1.59. The van der Waals surface area contributed by atoms with Crippen molar-refractivity contribution in [2.24, 2.45) is 0 Å². The first kappa shape index (κ1) is 19.6. The molecule has 1 aromatic rings. The molecule has 7 nitrogen and oxygen atoms in total. The van der Waals surface area contributed by atoms with Crippen molar-refractivity contribution in [2.75, 3.05) is 33.3 Å². The second kappa shape index (κ2) is 8.71. The van der Waals surface area contributed by atoms with Crippen molar-refractivity contribution in [3.63, 3.8) is 0 Å². The lowest BCUT2D eigenvalue weighted by Gasteiger charge is -2.38. The summed E-state index contributed by atoms with van der Waals surface area (Å²) in [5.74, 6) is 0.671. The molecule has 0 spiro atoms. The summed E-state index contributed by atoms with van der Waals surface area (Å²) in [6.07, 6.45) is 1.62. The smallest absolute Gasteiger partial charge is 0.253 e. The summed E-state index contributed by atoms with van der Waals surface area (Å²) in [4.78, 5) is 29.1. The Kier molecular flexibility index (Phi) is 6.34. The Morgan fingerprint density at radius 2 is 2.04 bits per heavy atom. The Bertz CT molecular complexity index is 673. The predicted molar refractivity (Wildman–Crippen MR) is 102 cm³/mol. The van der Waals surface area contributed by atoms with Crippen LogP contribution < -0.4 is 10.1 Å². The third kappa shape index (κ3) is 4.42. The number of likely N-dealkylation sites (N-methyl/N-ethyl adjacent to an activating group) is 1. The van der Waals surface area contributed by atoms with Crippen LogP contribution >= 0.6 is 0 Å². The molecule has 2 amide bonds. The second-order valence-corrected chi connectivity index (χ2v) is 7.25. The van der Waals surface area contributed by atoms with Crippen LogP contribution in [0, 0.1) is 0 Å². The minimum atomic E-state index is -0.464. The van der Waals surface area contributed by atoms with Crippen LogP contribution in [0.1, 0.15) is 36.5 Å². The molecule has 2 aliphatic rings. The van der Waals surface area contributed by atoms with Crippen LogP contribution in [-0.4, -0.2) is 78.2 Å². The summed E-state index contributed by atoms with van der Waals surface area (Å²) in [5, 5.41) is 12.9. The zero-order chi connectivity index (χ0) is 19.4. The zero-order valence-electron chi connectivity index (χ0n) is 16.1. The molecule has 2 fully saturated rings. The molecule has 7 heteroatoms. The van der Waals surface area contributed by atoms with Crippen molar-refractivity contribution in [3.8, 4) is 5.75 Å². The van der Waals surface area contributed by atoms with E-state index in [1.165, 1.54) is 0 Å². The van der Waals surface area contributed by atoms with Gasteiger partial charge in [0.1, 0.15) is 5.75 Å². The van der Waals surface area contributed by atoms with E-state index in [2.05, 4.69) is 10.2 Å². The molecule has 148 valence electrons. The maximum absolute atomic E-state index is 12.8. The monoisotopic (exact) mass is 375 g/mol. The van der Waals surface area contributed by atoms with Gasteiger partial charge in [0.2, 0.25) is 5.91 Å². The number of hydrogen-bond acceptors (Lipinski definition) is 5. The molecule has 2 saturated heterocycles. The molecule has 0 bridgehead atoms. The van der Waals surface area contributed by atoms with E-state index in [0.717, 1.165) is 12.8 Å². The molecule has 0 aromatic heterocycles. The highest BCUT2D eigenvalue weighted by Crippen LogP contribution is 2.27. The van der Waals surface area contributed by atoms with Crippen molar-refractivity contribution in [3.05, 3.63) is 29.8 Å². The highest BCUT2D eigenvalue weighted by Gasteiger charge is 2.40. The van der Waals surface area contributed by atoms with E-state index in [-0.39, 0.29) is 23.9 Å². The Balaban J connectivity index is 1.60. The number of carbonyl (C=O) groups is 2. The summed E-state index contributed by atoms with van der Waals surface area (Å²) < 4.78 is 5.20. The molecule has 0 radical (unpaired) electrons. The molecule has 0 aliphatic carbocycles. The molecule has 2 aliphatic heterocycles. The number of rotatable bonds is 5. The third-order valence-electron chi connectivity index (χ3n) is 5.51. The Morgan fingerprint density at radius 1 is 1.30 bits per heavy atom. The summed E-state index contributed by atoms with van der Waals surface area (Å²) in [6.45, 7) is 4.31. The van der Waals surface area contributed by atoms with Crippen molar-refractivity contribution < 1.29 is 19.4 Å². The molecule has 2 heterocycles. The Morgan fingerprint density at radius 3 is 2.70 bits per heavy atom. The van der Waals surface area contributed by atoms with Crippen LogP contribution in [0.15, 0.2) is 24.3 Å². The largest absolute Gasteiger partial charge is 0.497 e. The molecular formula is C20H29N3O4. The number of carbonyl (C=O) groups excluding carboxylic acids is 2. The molecular weight excluding hydrogens is 346 g/mol. The van der Waals surface area contributed by atoms with E-state index in [0.29, 0.717) is 43.9 Å². The topological polar surface area (TPSA) is 82.1 Å². The summed E-state index contributed by atoms with van der Waals surface area (Å²) in [6, 6.07) is 7.15. The van der Waals surface area contributed by atoms with E-state index >= 15 is 0 Å². The van der Waals surface area contributed by atoms with Gasteiger partial charge in [-0.1, -0.05) is 6.07 Å². The van der Waals surface area contributed by atoms with Crippen LogP contribution in [0.4, 0.5) is 0 Å². The van der Waals surface area contributed by atoms with Gasteiger partial charge in [0.25, 0.3) is 5.91 Å². The summed E-state index contributed by atoms with van der Waals surface area (Å²) >= 11 is 0. The maximum atomic E-state index is 12.8. The standard InChI is InChI=1S/C20H29N3O4/c1-3-21-19(25)18-12-16(24)13-23(18)15-7-9-22(10-8-15)20(26)14-5-4-6-17(11-14)27-2/h4-6,11,15-16,18,24H,3,7-10,12-13H2,1-2H3,(H,21,25)/t16-,18+/m1/s1. The number of likely N-dealkylation sites (tertiary alicyclic amines) is 2. The highest BCUT2D eigenvalue weighted by atomic mass is 16.5. The first-order chi connectivity index (χ1) is 13.0. The van der Waals surface area contributed by atoms with Gasteiger partial charge in [-0.25, -0.2) is 0 Å². The fourth-order valence-corrected chi connectivity index (χ4v) is 4.13. The molecule has 0 unspecified atom stereocenters. The summed E-state index contributed by atoms with van der Waals surface area (Å²) in [5.41, 5.74) is 0.629. The number of amides is 2. The number of aliphatic hydroxyl groups excluding tert-OH is 1. The van der Waals surface area contributed by atoms with Crippen molar-refractivity contribution >= 4 is 11.8 Å². The van der Waals surface area contributed by atoms with Crippen LogP contribution in [0.2, 0.25) is 0 Å². The molecule has 27 heavy (non-hydrogen) atoms. The van der Waals surface area contributed by atoms with Crippen LogP contribution in [0.5, 0.6) is 5.75 Å². The first-order valence-corrected chi connectivity index (χ1v) is 9.68. The number of piperidine rings is 1. The number of nitrogens with zero attached hydrogens (tertiary/aromatic N) is 2. The van der Waals surface area contributed by atoms with E-state index in [1.807, 2.05) is 24.0 Å².